The van der Waals surface area contributed by atoms with Gasteiger partial charge >= 0.3 is 0 Å². The van der Waals surface area contributed by atoms with Crippen molar-refractivity contribution >= 4 is 0 Å². The molecule has 1 N–H and O–H groups in total. The number of nitrogens with one attached hydrogen (secondary N) is 1. The van der Waals surface area contributed by atoms with Crippen LogP contribution in [0.4, 0.5) is 0 Å². The van der Waals surface area contributed by atoms with E-state index < -0.39 is 0 Å². The molecule has 0 heterocycles. The molecule has 1 rings (SSSR count). The summed E-state index contributed by atoms with van der Waals surface area (Å²) in [6, 6.07) is 7.11. The van der Waals surface area contributed by atoms with Crippen LogP contribution in [0.15, 0.2) is 18.2 Å². The summed E-state index contributed by atoms with van der Waals surface area (Å²) in [6.07, 6.45) is 3.79. The fraction of sp³-hybridized carbons (Fsp3) is 0.571. The minimum absolute atomic E-state index is 0.518. The predicted molar refractivity (Wildman–Crippen MR) is 67.2 cm³/mol. The van der Waals surface area contributed by atoms with Crippen LogP contribution in [-0.4, -0.2) is 7.05 Å². The highest BCUT2D eigenvalue weighted by atomic mass is 14.9. The molecule has 0 aliphatic rings. The molecule has 0 saturated carbocycles. The molecule has 0 spiro atoms. The van der Waals surface area contributed by atoms with Gasteiger partial charge in [0.2, 0.25) is 0 Å². The van der Waals surface area contributed by atoms with Crippen molar-refractivity contribution in [1.82, 2.24) is 5.32 Å². The van der Waals surface area contributed by atoms with E-state index in [1.807, 2.05) is 0 Å². The van der Waals surface area contributed by atoms with Gasteiger partial charge in [0, 0.05) is 6.04 Å². The zero-order valence-electron chi connectivity index (χ0n) is 10.4. The first-order valence-corrected chi connectivity index (χ1v) is 5.94. The van der Waals surface area contributed by atoms with E-state index >= 15 is 0 Å². The van der Waals surface area contributed by atoms with Crippen molar-refractivity contribution in [1.29, 1.82) is 0 Å². The highest BCUT2D eigenvalue weighted by Crippen LogP contribution is 2.24. The Balaban J connectivity index is 2.86. The maximum absolute atomic E-state index is 3.42. The van der Waals surface area contributed by atoms with Gasteiger partial charge in [-0.05, 0) is 44.0 Å². The molecule has 1 atom stereocenters. The van der Waals surface area contributed by atoms with Crippen molar-refractivity contribution in [2.24, 2.45) is 0 Å². The van der Waals surface area contributed by atoms with Gasteiger partial charge in [-0.2, -0.15) is 0 Å². The molecular formula is C14H23N. The van der Waals surface area contributed by atoms with E-state index in [0.29, 0.717) is 6.04 Å². The largest absolute Gasteiger partial charge is 0.313 e. The molecule has 1 aromatic carbocycles. The Kier molecular flexibility index (Phi) is 4.83. The second-order valence-corrected chi connectivity index (χ2v) is 4.27. The van der Waals surface area contributed by atoms with Crippen molar-refractivity contribution in [2.75, 3.05) is 7.05 Å². The molecule has 84 valence electrons. The highest BCUT2D eigenvalue weighted by Gasteiger charge is 2.11. The molecule has 1 unspecified atom stereocenters. The second-order valence-electron chi connectivity index (χ2n) is 4.27. The molecule has 1 nitrogen and oxygen atoms in total. The monoisotopic (exact) mass is 205 g/mol. The summed E-state index contributed by atoms with van der Waals surface area (Å²) in [4.78, 5) is 0. The van der Waals surface area contributed by atoms with Gasteiger partial charge in [0.15, 0.2) is 0 Å². The molecule has 0 aliphatic heterocycles. The average Bonchev–Trinajstić information content (AvgIpc) is 2.25. The van der Waals surface area contributed by atoms with Crippen molar-refractivity contribution in [3.8, 4) is 0 Å². The number of rotatable bonds is 5. The summed E-state index contributed by atoms with van der Waals surface area (Å²) in [5, 5.41) is 3.42. The van der Waals surface area contributed by atoms with Crippen molar-refractivity contribution in [2.45, 2.75) is 46.1 Å². The van der Waals surface area contributed by atoms with E-state index in [1.165, 1.54) is 36.0 Å². The minimum atomic E-state index is 0.518. The summed E-state index contributed by atoms with van der Waals surface area (Å²) in [5.74, 6) is 0. The third-order valence-electron chi connectivity index (χ3n) is 3.22. The third kappa shape index (κ3) is 3.07. The quantitative estimate of drug-likeness (QED) is 0.772. The zero-order valence-corrected chi connectivity index (χ0v) is 10.4. The van der Waals surface area contributed by atoms with E-state index in [9.17, 15) is 0 Å². The third-order valence-corrected chi connectivity index (χ3v) is 3.22. The summed E-state index contributed by atoms with van der Waals surface area (Å²) < 4.78 is 0. The lowest BCUT2D eigenvalue weighted by Gasteiger charge is -2.19. The van der Waals surface area contributed by atoms with Crippen LogP contribution in [0.3, 0.4) is 0 Å². The van der Waals surface area contributed by atoms with E-state index in [4.69, 9.17) is 0 Å². The normalized spacial score (nSPS) is 12.8. The van der Waals surface area contributed by atoms with Gasteiger partial charge in [-0.25, -0.2) is 0 Å². The van der Waals surface area contributed by atoms with E-state index in [1.54, 1.807) is 0 Å². The Hall–Kier alpha value is -0.820. The van der Waals surface area contributed by atoms with E-state index in [2.05, 4.69) is 51.3 Å². The first kappa shape index (κ1) is 12.3. The van der Waals surface area contributed by atoms with Gasteiger partial charge < -0.3 is 5.32 Å². The molecule has 0 aromatic heterocycles. The maximum Gasteiger partial charge on any atom is 0.0320 e. The lowest BCUT2D eigenvalue weighted by molar-refractivity contribution is 0.520. The summed E-state index contributed by atoms with van der Waals surface area (Å²) in [5.41, 5.74) is 4.29. The minimum Gasteiger partial charge on any atom is -0.313 e. The molecule has 0 saturated heterocycles. The van der Waals surface area contributed by atoms with Gasteiger partial charge in [0.05, 0.1) is 0 Å². The van der Waals surface area contributed by atoms with Crippen LogP contribution in [0.25, 0.3) is 0 Å². The average molecular weight is 205 g/mol. The molecular weight excluding hydrogens is 182 g/mol. The molecule has 0 aliphatic carbocycles. The first-order valence-electron chi connectivity index (χ1n) is 5.94. The number of hydrogen-bond acceptors (Lipinski definition) is 1. The molecule has 1 aromatic rings. The van der Waals surface area contributed by atoms with Gasteiger partial charge in [-0.15, -0.1) is 0 Å². The number of unbranched alkanes of at least 4 members (excludes halogenated alkanes) is 1. The second kappa shape index (κ2) is 5.92. The zero-order chi connectivity index (χ0) is 11.3. The lowest BCUT2D eigenvalue weighted by Crippen LogP contribution is -2.17. The lowest BCUT2D eigenvalue weighted by atomic mass is 9.94. The van der Waals surface area contributed by atoms with Crippen molar-refractivity contribution in [3.63, 3.8) is 0 Å². The summed E-state index contributed by atoms with van der Waals surface area (Å²) in [6.45, 7) is 6.65. The fourth-order valence-electron chi connectivity index (χ4n) is 2.01. The summed E-state index contributed by atoms with van der Waals surface area (Å²) in [7, 11) is 2.06. The Morgan fingerprint density at radius 1 is 1.27 bits per heavy atom. The molecule has 0 bridgehead atoms. The van der Waals surface area contributed by atoms with E-state index in [-0.39, 0.29) is 0 Å². The Morgan fingerprint density at radius 3 is 2.60 bits per heavy atom. The first-order chi connectivity index (χ1) is 7.20. The Labute approximate surface area is 93.9 Å². The van der Waals surface area contributed by atoms with Crippen molar-refractivity contribution < 1.29 is 0 Å². The van der Waals surface area contributed by atoms with Gasteiger partial charge in [-0.1, -0.05) is 38.0 Å². The molecule has 0 radical (unpaired) electrons. The van der Waals surface area contributed by atoms with Crippen LogP contribution in [0, 0.1) is 13.8 Å². The van der Waals surface area contributed by atoms with Crippen LogP contribution in [0.5, 0.6) is 0 Å². The van der Waals surface area contributed by atoms with Crippen LogP contribution >= 0.6 is 0 Å². The van der Waals surface area contributed by atoms with Crippen LogP contribution in [0.1, 0.15) is 48.9 Å². The predicted octanol–water partition coefficient (Wildman–Crippen LogP) is 3.75. The molecule has 15 heavy (non-hydrogen) atoms. The highest BCUT2D eigenvalue weighted by molar-refractivity contribution is 5.35. The Morgan fingerprint density at radius 2 is 2.00 bits per heavy atom. The van der Waals surface area contributed by atoms with Gasteiger partial charge in [-0.3, -0.25) is 0 Å². The molecule has 1 heteroatoms. The van der Waals surface area contributed by atoms with E-state index in [0.717, 1.165) is 0 Å². The standard InChI is InChI=1S/C14H23N/c1-5-6-10-14(15-4)13-9-7-8-11(2)12(13)3/h7-9,14-15H,5-6,10H2,1-4H3. The topological polar surface area (TPSA) is 12.0 Å². The SMILES string of the molecule is CCCCC(NC)c1cccc(C)c1C. The van der Waals surface area contributed by atoms with Crippen LogP contribution in [-0.2, 0) is 0 Å². The fourth-order valence-corrected chi connectivity index (χ4v) is 2.01. The number of benzene rings is 1. The van der Waals surface area contributed by atoms with Crippen molar-refractivity contribution in [3.05, 3.63) is 34.9 Å². The number of aryl methyl sites for hydroxylation is 1. The van der Waals surface area contributed by atoms with Gasteiger partial charge in [0.25, 0.3) is 0 Å². The Bertz CT molecular complexity index is 304. The maximum atomic E-state index is 3.42. The van der Waals surface area contributed by atoms with Crippen LogP contribution < -0.4 is 5.32 Å². The smallest absolute Gasteiger partial charge is 0.0320 e. The number of hydrogen-bond donors (Lipinski definition) is 1. The molecule has 0 fully saturated rings. The molecule has 0 amide bonds. The van der Waals surface area contributed by atoms with Crippen LogP contribution in [0.2, 0.25) is 0 Å². The van der Waals surface area contributed by atoms with Gasteiger partial charge in [0.1, 0.15) is 0 Å². The summed E-state index contributed by atoms with van der Waals surface area (Å²) >= 11 is 0.